The van der Waals surface area contributed by atoms with Crippen molar-refractivity contribution in [2.75, 3.05) is 6.61 Å². The maximum absolute atomic E-state index is 13.1. The molecular weight excluding hydrogens is 265 g/mol. The van der Waals surface area contributed by atoms with Crippen LogP contribution in [0.3, 0.4) is 0 Å². The van der Waals surface area contributed by atoms with Crippen LogP contribution in [0.1, 0.15) is 31.1 Å². The van der Waals surface area contributed by atoms with Gasteiger partial charge in [-0.3, -0.25) is 4.79 Å². The lowest BCUT2D eigenvalue weighted by molar-refractivity contribution is 0.0235. The number of nitrogens with two attached hydrogens (primary N) is 1. The van der Waals surface area contributed by atoms with Gasteiger partial charge in [0.05, 0.1) is 5.56 Å². The molecule has 5 nitrogen and oxygen atoms in total. The summed E-state index contributed by atoms with van der Waals surface area (Å²) in [6.45, 7) is 5.58. The number of carbonyl (C=O) groups excluding carboxylic acids is 2. The minimum Gasteiger partial charge on any atom is -0.486 e. The van der Waals surface area contributed by atoms with Crippen LogP contribution in [-0.4, -0.2) is 25.1 Å². The van der Waals surface area contributed by atoms with E-state index < -0.39 is 18.0 Å². The van der Waals surface area contributed by atoms with Crippen molar-refractivity contribution in [3.63, 3.8) is 0 Å². The summed E-state index contributed by atoms with van der Waals surface area (Å²) in [4.78, 5) is 21.6. The molecule has 1 unspecified atom stereocenters. The van der Waals surface area contributed by atoms with Crippen molar-refractivity contribution >= 4 is 12.4 Å². The SMILES string of the molecule is CC(C)(C)C(COC(N)=O)Oc1ccc(F)cc1C=O. The Balaban J connectivity index is 2.94. The molecule has 0 aliphatic heterocycles. The topological polar surface area (TPSA) is 78.6 Å². The van der Waals surface area contributed by atoms with Gasteiger partial charge in [0.1, 0.15) is 24.3 Å². The molecule has 110 valence electrons. The molecule has 0 aliphatic carbocycles. The van der Waals surface area contributed by atoms with Gasteiger partial charge < -0.3 is 15.2 Å². The van der Waals surface area contributed by atoms with Gasteiger partial charge in [0.25, 0.3) is 0 Å². The molecule has 0 heterocycles. The average Bonchev–Trinajstić information content (AvgIpc) is 2.34. The molecule has 0 aliphatic rings. The minimum atomic E-state index is -0.905. The second kappa shape index (κ2) is 6.36. The molecule has 6 heteroatoms. The average molecular weight is 283 g/mol. The van der Waals surface area contributed by atoms with Crippen LogP contribution in [0.4, 0.5) is 9.18 Å². The van der Waals surface area contributed by atoms with E-state index in [2.05, 4.69) is 0 Å². The zero-order chi connectivity index (χ0) is 15.3. The zero-order valence-electron chi connectivity index (χ0n) is 11.7. The molecular formula is C14H18FNO4. The standard InChI is InChI=1S/C14H18FNO4/c1-14(2,3)12(8-19-13(16)18)20-11-5-4-10(15)6-9(11)7-17/h4-7,12H,8H2,1-3H3,(H2,16,18). The number of aldehydes is 1. The molecule has 20 heavy (non-hydrogen) atoms. The number of halogens is 1. The van der Waals surface area contributed by atoms with Crippen molar-refractivity contribution in [2.45, 2.75) is 26.9 Å². The molecule has 1 atom stereocenters. The van der Waals surface area contributed by atoms with E-state index in [1.165, 1.54) is 12.1 Å². The minimum absolute atomic E-state index is 0.0610. The van der Waals surface area contributed by atoms with Gasteiger partial charge in [0.15, 0.2) is 6.29 Å². The molecule has 1 rings (SSSR count). The van der Waals surface area contributed by atoms with Crippen LogP contribution in [-0.2, 0) is 4.74 Å². The van der Waals surface area contributed by atoms with Gasteiger partial charge in [-0.2, -0.15) is 0 Å². The van der Waals surface area contributed by atoms with E-state index in [9.17, 15) is 14.0 Å². The second-order valence-corrected chi connectivity index (χ2v) is 5.40. The summed E-state index contributed by atoms with van der Waals surface area (Å²) in [5.74, 6) is -0.297. The number of rotatable bonds is 5. The van der Waals surface area contributed by atoms with Crippen LogP contribution >= 0.6 is 0 Å². The molecule has 1 aromatic carbocycles. The molecule has 2 N–H and O–H groups in total. The summed E-state index contributed by atoms with van der Waals surface area (Å²) < 4.78 is 23.5. The van der Waals surface area contributed by atoms with E-state index in [-0.39, 0.29) is 23.3 Å². The van der Waals surface area contributed by atoms with Gasteiger partial charge in [-0.05, 0) is 18.2 Å². The highest BCUT2D eigenvalue weighted by Crippen LogP contribution is 2.27. The van der Waals surface area contributed by atoms with E-state index >= 15 is 0 Å². The number of carbonyl (C=O) groups is 2. The molecule has 0 bridgehead atoms. The third-order valence-corrected chi connectivity index (χ3v) is 2.71. The normalized spacial score (nSPS) is 12.6. The van der Waals surface area contributed by atoms with Crippen molar-refractivity contribution in [1.29, 1.82) is 0 Å². The summed E-state index contributed by atoms with van der Waals surface area (Å²) in [7, 11) is 0. The van der Waals surface area contributed by atoms with E-state index in [0.717, 1.165) is 6.07 Å². The third kappa shape index (κ3) is 4.53. The highest BCUT2D eigenvalue weighted by molar-refractivity contribution is 5.79. The molecule has 1 aromatic rings. The monoisotopic (exact) mass is 283 g/mol. The van der Waals surface area contributed by atoms with Gasteiger partial charge in [-0.1, -0.05) is 20.8 Å². The van der Waals surface area contributed by atoms with Crippen molar-refractivity contribution in [1.82, 2.24) is 0 Å². The van der Waals surface area contributed by atoms with Crippen LogP contribution in [0.2, 0.25) is 0 Å². The van der Waals surface area contributed by atoms with Crippen molar-refractivity contribution < 1.29 is 23.5 Å². The zero-order valence-corrected chi connectivity index (χ0v) is 11.7. The Morgan fingerprint density at radius 2 is 2.10 bits per heavy atom. The Hall–Kier alpha value is -2.11. The maximum atomic E-state index is 13.1. The number of amides is 1. The molecule has 1 amide bonds. The van der Waals surface area contributed by atoms with E-state index in [1.54, 1.807) is 0 Å². The number of hydrogen-bond acceptors (Lipinski definition) is 4. The highest BCUT2D eigenvalue weighted by atomic mass is 19.1. The highest BCUT2D eigenvalue weighted by Gasteiger charge is 2.28. The second-order valence-electron chi connectivity index (χ2n) is 5.40. The fourth-order valence-corrected chi connectivity index (χ4v) is 1.49. The first-order valence-corrected chi connectivity index (χ1v) is 6.07. The fraction of sp³-hybridized carbons (Fsp3) is 0.429. The smallest absolute Gasteiger partial charge is 0.404 e. The Morgan fingerprint density at radius 1 is 1.45 bits per heavy atom. The summed E-state index contributed by atoms with van der Waals surface area (Å²) in [6, 6.07) is 3.63. The first kappa shape index (κ1) is 15.9. The van der Waals surface area contributed by atoms with Gasteiger partial charge in [0, 0.05) is 5.41 Å². The molecule has 0 aromatic heterocycles. The molecule has 0 saturated heterocycles. The molecule has 0 saturated carbocycles. The van der Waals surface area contributed by atoms with Gasteiger partial charge in [-0.15, -0.1) is 0 Å². The van der Waals surface area contributed by atoms with E-state index in [0.29, 0.717) is 6.29 Å². The number of primary amides is 1. The lowest BCUT2D eigenvalue weighted by atomic mass is 9.89. The molecule has 0 fully saturated rings. The third-order valence-electron chi connectivity index (χ3n) is 2.71. The van der Waals surface area contributed by atoms with Gasteiger partial charge >= 0.3 is 6.09 Å². The largest absolute Gasteiger partial charge is 0.486 e. The Kier molecular flexibility index (Phi) is 5.07. The number of benzene rings is 1. The molecule has 0 spiro atoms. The Bertz CT molecular complexity index is 496. The fourth-order valence-electron chi connectivity index (χ4n) is 1.49. The summed E-state index contributed by atoms with van der Waals surface area (Å²) in [6.07, 6.45) is -0.927. The van der Waals surface area contributed by atoms with E-state index in [1.807, 2.05) is 20.8 Å². The van der Waals surface area contributed by atoms with Crippen LogP contribution in [0.15, 0.2) is 18.2 Å². The van der Waals surface area contributed by atoms with Crippen molar-refractivity contribution in [3.8, 4) is 5.75 Å². The van der Waals surface area contributed by atoms with Crippen LogP contribution in [0.5, 0.6) is 5.75 Å². The summed E-state index contributed by atoms with van der Waals surface area (Å²) in [5, 5.41) is 0. The van der Waals surface area contributed by atoms with Crippen LogP contribution < -0.4 is 10.5 Å². The number of ether oxygens (including phenoxy) is 2. The summed E-state index contributed by atoms with van der Waals surface area (Å²) >= 11 is 0. The Morgan fingerprint density at radius 3 is 2.60 bits per heavy atom. The quantitative estimate of drug-likeness (QED) is 0.842. The lowest BCUT2D eigenvalue weighted by Crippen LogP contribution is -2.38. The first-order chi connectivity index (χ1) is 9.24. The molecule has 0 radical (unpaired) electrons. The maximum Gasteiger partial charge on any atom is 0.404 e. The summed E-state index contributed by atoms with van der Waals surface area (Å²) in [5.41, 5.74) is 4.66. The van der Waals surface area contributed by atoms with Crippen molar-refractivity contribution in [2.24, 2.45) is 11.1 Å². The van der Waals surface area contributed by atoms with Gasteiger partial charge in [-0.25, -0.2) is 9.18 Å². The Labute approximate surface area is 116 Å². The predicted molar refractivity (Wildman–Crippen MR) is 71.2 cm³/mol. The number of hydrogen-bond donors (Lipinski definition) is 1. The van der Waals surface area contributed by atoms with Crippen molar-refractivity contribution in [3.05, 3.63) is 29.6 Å². The van der Waals surface area contributed by atoms with Crippen LogP contribution in [0.25, 0.3) is 0 Å². The first-order valence-electron chi connectivity index (χ1n) is 6.07. The van der Waals surface area contributed by atoms with Crippen LogP contribution in [0, 0.1) is 11.2 Å². The lowest BCUT2D eigenvalue weighted by Gasteiger charge is -2.30. The van der Waals surface area contributed by atoms with Gasteiger partial charge in [0.2, 0.25) is 0 Å². The predicted octanol–water partition coefficient (Wildman–Crippen LogP) is 2.53. The van der Waals surface area contributed by atoms with E-state index in [4.69, 9.17) is 15.2 Å².